The van der Waals surface area contributed by atoms with E-state index in [2.05, 4.69) is 23.0 Å². The van der Waals surface area contributed by atoms with Crippen molar-refractivity contribution in [2.75, 3.05) is 5.75 Å². The Morgan fingerprint density at radius 1 is 1.08 bits per heavy atom. The van der Waals surface area contributed by atoms with Crippen molar-refractivity contribution >= 4 is 31.8 Å². The fourth-order valence-electron chi connectivity index (χ4n) is 3.24. The Hall–Kier alpha value is -2.66. The van der Waals surface area contributed by atoms with Gasteiger partial charge in [0, 0.05) is 17.0 Å². The normalized spacial score (nSPS) is 12.1. The number of hydrogen-bond acceptors (Lipinski definition) is 3. The predicted octanol–water partition coefficient (Wildman–Crippen LogP) is 4.49. The van der Waals surface area contributed by atoms with Gasteiger partial charge in [0.25, 0.3) is 0 Å². The van der Waals surface area contributed by atoms with Crippen molar-refractivity contribution in [2.45, 2.75) is 18.7 Å². The van der Waals surface area contributed by atoms with Gasteiger partial charge in [0.15, 0.2) is 9.84 Å². The lowest BCUT2D eigenvalue weighted by Gasteiger charge is -2.09. The van der Waals surface area contributed by atoms with Crippen molar-refractivity contribution in [2.24, 2.45) is 0 Å². The van der Waals surface area contributed by atoms with Gasteiger partial charge in [-0.05, 0) is 47.9 Å². The lowest BCUT2D eigenvalue weighted by molar-refractivity contribution is 0.597. The van der Waals surface area contributed by atoms with Gasteiger partial charge in [0.1, 0.15) is 5.65 Å². The molecule has 0 bridgehead atoms. The van der Waals surface area contributed by atoms with Crippen molar-refractivity contribution in [3.8, 4) is 11.1 Å². The number of hydrogen-bond donors (Lipinski definition) is 1. The number of nitrogens with one attached hydrogen (secondary N) is 1. The first-order valence-electron chi connectivity index (χ1n) is 8.20. The minimum absolute atomic E-state index is 0.0940. The highest BCUT2D eigenvalue weighted by molar-refractivity contribution is 7.91. The number of aryl methyl sites for hydroxylation is 1. The molecular formula is C20H18N2O2S. The Bertz CT molecular complexity index is 1210. The zero-order valence-electron chi connectivity index (χ0n) is 14.1. The average Bonchev–Trinajstić information content (AvgIpc) is 3.03. The number of pyridine rings is 1. The van der Waals surface area contributed by atoms with Gasteiger partial charge in [0.2, 0.25) is 0 Å². The maximum absolute atomic E-state index is 12.2. The second-order valence-electron chi connectivity index (χ2n) is 6.14. The van der Waals surface area contributed by atoms with Gasteiger partial charge in [-0.3, -0.25) is 0 Å². The molecule has 0 amide bonds. The smallest absolute Gasteiger partial charge is 0.178 e. The van der Waals surface area contributed by atoms with Crippen molar-refractivity contribution in [3.05, 3.63) is 60.3 Å². The summed E-state index contributed by atoms with van der Waals surface area (Å²) >= 11 is 0. The molecule has 0 spiro atoms. The maximum atomic E-state index is 12.2. The number of rotatable bonds is 3. The van der Waals surface area contributed by atoms with Crippen LogP contribution in [0.3, 0.4) is 0 Å². The van der Waals surface area contributed by atoms with Gasteiger partial charge in [-0.15, -0.1) is 0 Å². The summed E-state index contributed by atoms with van der Waals surface area (Å²) in [6.07, 6.45) is 1.77. The number of aromatic nitrogens is 2. The van der Waals surface area contributed by atoms with E-state index in [0.717, 1.165) is 38.6 Å². The van der Waals surface area contributed by atoms with Gasteiger partial charge in [0.05, 0.1) is 16.2 Å². The highest BCUT2D eigenvalue weighted by atomic mass is 32.2. The summed E-state index contributed by atoms with van der Waals surface area (Å²) in [5, 5.41) is 2.12. The molecule has 0 fully saturated rings. The van der Waals surface area contributed by atoms with E-state index in [1.54, 1.807) is 31.3 Å². The predicted molar refractivity (Wildman–Crippen MR) is 101 cm³/mol. The number of fused-ring (bicyclic) bond motifs is 3. The topological polar surface area (TPSA) is 62.8 Å². The second-order valence-corrected chi connectivity index (χ2v) is 8.41. The van der Waals surface area contributed by atoms with Crippen molar-refractivity contribution in [3.63, 3.8) is 0 Å². The van der Waals surface area contributed by atoms with Crippen LogP contribution in [-0.4, -0.2) is 24.1 Å². The summed E-state index contributed by atoms with van der Waals surface area (Å²) in [5.74, 6) is 0.0940. The molecule has 0 aliphatic heterocycles. The number of sulfone groups is 1. The molecule has 0 aliphatic carbocycles. The lowest BCUT2D eigenvalue weighted by Crippen LogP contribution is -2.03. The van der Waals surface area contributed by atoms with Gasteiger partial charge in [-0.1, -0.05) is 31.2 Å². The molecule has 126 valence electrons. The van der Waals surface area contributed by atoms with Crippen LogP contribution in [0, 0.1) is 6.92 Å². The van der Waals surface area contributed by atoms with Crippen LogP contribution in [0.15, 0.2) is 59.6 Å². The van der Waals surface area contributed by atoms with Gasteiger partial charge >= 0.3 is 0 Å². The van der Waals surface area contributed by atoms with E-state index in [9.17, 15) is 8.42 Å². The fraction of sp³-hybridized carbons (Fsp3) is 0.150. The Morgan fingerprint density at radius 3 is 2.72 bits per heavy atom. The molecule has 4 aromatic rings. The molecule has 1 N–H and O–H groups in total. The molecule has 0 saturated carbocycles. The first kappa shape index (κ1) is 15.8. The Labute approximate surface area is 146 Å². The molecule has 0 atom stereocenters. The molecule has 4 nitrogen and oxygen atoms in total. The SMILES string of the molecule is CCS(=O)(=O)c1cccc(-c2ccc(C)c3[nH]c4ncccc4c23)c1. The van der Waals surface area contributed by atoms with Crippen LogP contribution in [0.25, 0.3) is 33.1 Å². The molecule has 2 aromatic carbocycles. The summed E-state index contributed by atoms with van der Waals surface area (Å²) in [6.45, 7) is 3.72. The minimum Gasteiger partial charge on any atom is -0.339 e. The monoisotopic (exact) mass is 350 g/mol. The van der Waals surface area contributed by atoms with Crippen LogP contribution >= 0.6 is 0 Å². The molecule has 0 unspecified atom stereocenters. The van der Waals surface area contributed by atoms with Crippen molar-refractivity contribution in [1.82, 2.24) is 9.97 Å². The zero-order valence-corrected chi connectivity index (χ0v) is 14.9. The van der Waals surface area contributed by atoms with E-state index in [1.165, 1.54) is 0 Å². The van der Waals surface area contributed by atoms with Crippen LogP contribution in [0.2, 0.25) is 0 Å². The number of benzene rings is 2. The van der Waals surface area contributed by atoms with Crippen LogP contribution < -0.4 is 0 Å². The van der Waals surface area contributed by atoms with E-state index in [1.807, 2.05) is 24.3 Å². The van der Waals surface area contributed by atoms with Gasteiger partial charge < -0.3 is 4.98 Å². The highest BCUT2D eigenvalue weighted by Gasteiger charge is 2.16. The molecule has 25 heavy (non-hydrogen) atoms. The van der Waals surface area contributed by atoms with Crippen LogP contribution in [0.4, 0.5) is 0 Å². The third-order valence-corrected chi connectivity index (χ3v) is 6.35. The molecule has 5 heteroatoms. The first-order valence-corrected chi connectivity index (χ1v) is 9.85. The zero-order chi connectivity index (χ0) is 17.6. The van der Waals surface area contributed by atoms with E-state index in [4.69, 9.17) is 0 Å². The maximum Gasteiger partial charge on any atom is 0.178 e. The summed E-state index contributed by atoms with van der Waals surface area (Å²) in [4.78, 5) is 8.16. The average molecular weight is 350 g/mol. The summed E-state index contributed by atoms with van der Waals surface area (Å²) in [6, 6.07) is 15.2. The highest BCUT2D eigenvalue weighted by Crippen LogP contribution is 2.36. The molecular weight excluding hydrogens is 332 g/mol. The van der Waals surface area contributed by atoms with E-state index in [0.29, 0.717) is 4.90 Å². The number of nitrogens with zero attached hydrogens (tertiary/aromatic N) is 1. The van der Waals surface area contributed by atoms with Gasteiger partial charge in [-0.2, -0.15) is 0 Å². The summed E-state index contributed by atoms with van der Waals surface area (Å²) in [7, 11) is -3.24. The fourth-order valence-corrected chi connectivity index (χ4v) is 4.16. The van der Waals surface area contributed by atoms with E-state index >= 15 is 0 Å². The molecule has 0 radical (unpaired) electrons. The third-order valence-electron chi connectivity index (χ3n) is 4.62. The second kappa shape index (κ2) is 5.70. The summed E-state index contributed by atoms with van der Waals surface area (Å²) in [5.41, 5.74) is 4.91. The third kappa shape index (κ3) is 2.51. The molecule has 0 aliphatic rings. The molecule has 4 rings (SSSR count). The minimum atomic E-state index is -3.24. The lowest BCUT2D eigenvalue weighted by atomic mass is 9.98. The van der Waals surface area contributed by atoms with Crippen LogP contribution in [-0.2, 0) is 9.84 Å². The van der Waals surface area contributed by atoms with Crippen molar-refractivity contribution in [1.29, 1.82) is 0 Å². The Morgan fingerprint density at radius 2 is 1.92 bits per heavy atom. The number of H-pyrrole nitrogens is 1. The molecule has 2 heterocycles. The van der Waals surface area contributed by atoms with E-state index in [-0.39, 0.29) is 5.75 Å². The van der Waals surface area contributed by atoms with Crippen molar-refractivity contribution < 1.29 is 8.42 Å². The first-order chi connectivity index (χ1) is 12.0. The molecule has 0 saturated heterocycles. The largest absolute Gasteiger partial charge is 0.339 e. The van der Waals surface area contributed by atoms with Crippen LogP contribution in [0.5, 0.6) is 0 Å². The standard InChI is InChI=1S/C20H18N2O2S/c1-3-25(23,24)15-7-4-6-14(12-15)16-10-9-13(2)19-18(16)17-8-5-11-21-20(17)22-19/h4-12H,3H2,1-2H3,(H,21,22). The van der Waals surface area contributed by atoms with E-state index < -0.39 is 9.84 Å². The van der Waals surface area contributed by atoms with Crippen LogP contribution in [0.1, 0.15) is 12.5 Å². The van der Waals surface area contributed by atoms with Gasteiger partial charge in [-0.25, -0.2) is 13.4 Å². The quantitative estimate of drug-likeness (QED) is 0.592. The summed E-state index contributed by atoms with van der Waals surface area (Å²) < 4.78 is 24.5. The molecule has 2 aromatic heterocycles. The Balaban J connectivity index is 2.06. The number of aromatic amines is 1. The Kier molecular flexibility index (Phi) is 3.62.